The van der Waals surface area contributed by atoms with E-state index >= 15 is 0 Å². The van der Waals surface area contributed by atoms with Crippen LogP contribution in [0.15, 0.2) is 42.0 Å². The van der Waals surface area contributed by atoms with Gasteiger partial charge >= 0.3 is 13.3 Å². The molecule has 1 heterocycles. The number of hydrogen-bond donors (Lipinski definition) is 0. The SMILES string of the molecule is CN(/C(=C\CC(F)(F)F)B1OC(C)(C)C(C)(C)O1)c1ccccc1. The molecule has 0 atom stereocenters. The third kappa shape index (κ3) is 4.13. The van der Waals surface area contributed by atoms with Gasteiger partial charge < -0.3 is 14.2 Å². The summed E-state index contributed by atoms with van der Waals surface area (Å²) in [5.74, 6) is 0. The molecule has 0 spiro atoms. The van der Waals surface area contributed by atoms with Gasteiger partial charge in [0.15, 0.2) is 0 Å². The summed E-state index contributed by atoms with van der Waals surface area (Å²) < 4.78 is 50.1. The summed E-state index contributed by atoms with van der Waals surface area (Å²) in [5, 5.41) is 0. The summed E-state index contributed by atoms with van der Waals surface area (Å²) in [5.41, 5.74) is -0.128. The van der Waals surface area contributed by atoms with Gasteiger partial charge in [0.25, 0.3) is 0 Å². The molecule has 1 aromatic carbocycles. The summed E-state index contributed by atoms with van der Waals surface area (Å²) in [7, 11) is 0.852. The van der Waals surface area contributed by atoms with E-state index in [0.29, 0.717) is 5.60 Å². The second-order valence-electron chi connectivity index (χ2n) is 6.93. The molecule has 1 aromatic rings. The lowest BCUT2D eigenvalue weighted by Gasteiger charge is -2.32. The first kappa shape index (κ1) is 18.9. The minimum atomic E-state index is -4.29. The van der Waals surface area contributed by atoms with Crippen molar-refractivity contribution in [3.63, 3.8) is 0 Å². The van der Waals surface area contributed by atoms with Crippen LogP contribution < -0.4 is 4.90 Å². The number of hydrogen-bond acceptors (Lipinski definition) is 3. The minimum absolute atomic E-state index is 0.345. The number of alkyl halides is 3. The molecule has 3 nitrogen and oxygen atoms in total. The molecule has 0 aromatic heterocycles. The van der Waals surface area contributed by atoms with Gasteiger partial charge in [-0.2, -0.15) is 13.2 Å². The van der Waals surface area contributed by atoms with Crippen LogP contribution in [0.5, 0.6) is 0 Å². The average molecular weight is 341 g/mol. The van der Waals surface area contributed by atoms with Gasteiger partial charge in [-0.1, -0.05) is 24.3 Å². The molecule has 0 saturated carbocycles. The number of benzene rings is 1. The second kappa shape index (κ2) is 6.45. The van der Waals surface area contributed by atoms with E-state index in [4.69, 9.17) is 9.31 Å². The lowest BCUT2D eigenvalue weighted by atomic mass is 9.82. The molecule has 1 aliphatic heterocycles. The molecule has 24 heavy (non-hydrogen) atoms. The van der Waals surface area contributed by atoms with Crippen LogP contribution in [0, 0.1) is 0 Å². The Morgan fingerprint density at radius 1 is 1.08 bits per heavy atom. The van der Waals surface area contributed by atoms with Crippen molar-refractivity contribution in [3.8, 4) is 0 Å². The Kier molecular flexibility index (Phi) is 5.07. The van der Waals surface area contributed by atoms with E-state index in [0.717, 1.165) is 11.8 Å². The maximum atomic E-state index is 12.7. The Morgan fingerprint density at radius 2 is 1.58 bits per heavy atom. The van der Waals surface area contributed by atoms with Gasteiger partial charge in [-0.25, -0.2) is 0 Å². The molecule has 1 fully saturated rings. The highest BCUT2D eigenvalue weighted by Gasteiger charge is 2.53. The first-order valence-electron chi connectivity index (χ1n) is 7.84. The fraction of sp³-hybridized carbons (Fsp3) is 0.529. The van der Waals surface area contributed by atoms with Crippen molar-refractivity contribution in [2.75, 3.05) is 11.9 Å². The molecular weight excluding hydrogens is 318 g/mol. The van der Waals surface area contributed by atoms with Gasteiger partial charge in [-0.15, -0.1) is 0 Å². The molecule has 132 valence electrons. The topological polar surface area (TPSA) is 21.7 Å². The fourth-order valence-electron chi connectivity index (χ4n) is 2.38. The molecule has 0 bridgehead atoms. The standard InChI is InChI=1S/C17H23BF3NO2/c1-15(2)16(3,4)24-18(23-15)14(11-12-17(19,20)21)22(5)13-9-7-6-8-10-13/h6-11H,12H2,1-5H3/b14-11-. The Hall–Kier alpha value is -1.47. The lowest BCUT2D eigenvalue weighted by Crippen LogP contribution is -2.41. The van der Waals surface area contributed by atoms with Crippen molar-refractivity contribution in [3.05, 3.63) is 42.0 Å². The molecule has 0 aliphatic carbocycles. The van der Waals surface area contributed by atoms with E-state index in [1.165, 1.54) is 0 Å². The Labute approximate surface area is 141 Å². The third-order valence-corrected chi connectivity index (χ3v) is 4.57. The van der Waals surface area contributed by atoms with Crippen LogP contribution >= 0.6 is 0 Å². The number of allylic oxidation sites excluding steroid dienone is 1. The van der Waals surface area contributed by atoms with E-state index in [9.17, 15) is 13.2 Å². The highest BCUT2D eigenvalue weighted by atomic mass is 19.4. The van der Waals surface area contributed by atoms with E-state index in [1.54, 1.807) is 11.9 Å². The quantitative estimate of drug-likeness (QED) is 0.748. The van der Waals surface area contributed by atoms with Crippen molar-refractivity contribution in [1.82, 2.24) is 0 Å². The van der Waals surface area contributed by atoms with Crippen molar-refractivity contribution in [2.45, 2.75) is 51.5 Å². The molecule has 1 saturated heterocycles. The van der Waals surface area contributed by atoms with Crippen LogP contribution in [-0.2, 0) is 9.31 Å². The van der Waals surface area contributed by atoms with Gasteiger partial charge in [0, 0.05) is 18.3 Å². The zero-order chi connectivity index (χ0) is 18.2. The van der Waals surface area contributed by atoms with Crippen LogP contribution in [0.1, 0.15) is 34.1 Å². The van der Waals surface area contributed by atoms with E-state index in [-0.39, 0.29) is 0 Å². The lowest BCUT2D eigenvalue weighted by molar-refractivity contribution is -0.125. The first-order valence-corrected chi connectivity index (χ1v) is 7.84. The average Bonchev–Trinajstić information content (AvgIpc) is 2.67. The van der Waals surface area contributed by atoms with Gasteiger partial charge in [-0.05, 0) is 39.8 Å². The van der Waals surface area contributed by atoms with Crippen LogP contribution in [0.4, 0.5) is 18.9 Å². The first-order chi connectivity index (χ1) is 10.9. The van der Waals surface area contributed by atoms with Crippen molar-refractivity contribution in [1.29, 1.82) is 0 Å². The molecule has 0 radical (unpaired) electrons. The minimum Gasteiger partial charge on any atom is -0.398 e. The van der Waals surface area contributed by atoms with Crippen molar-refractivity contribution in [2.24, 2.45) is 0 Å². The smallest absolute Gasteiger partial charge is 0.398 e. The summed E-state index contributed by atoms with van der Waals surface area (Å²) in [4.78, 5) is 1.67. The summed E-state index contributed by atoms with van der Waals surface area (Å²) >= 11 is 0. The van der Waals surface area contributed by atoms with Crippen LogP contribution in [-0.4, -0.2) is 31.5 Å². The van der Waals surface area contributed by atoms with E-state index < -0.39 is 30.9 Å². The third-order valence-electron chi connectivity index (χ3n) is 4.57. The van der Waals surface area contributed by atoms with E-state index in [1.807, 2.05) is 58.0 Å². The number of rotatable bonds is 4. The molecule has 1 aliphatic rings. The van der Waals surface area contributed by atoms with E-state index in [2.05, 4.69) is 0 Å². The number of para-hydroxylation sites is 1. The fourth-order valence-corrected chi connectivity index (χ4v) is 2.38. The van der Waals surface area contributed by atoms with Crippen LogP contribution in [0.3, 0.4) is 0 Å². The number of nitrogens with zero attached hydrogens (tertiary/aromatic N) is 1. The summed E-state index contributed by atoms with van der Waals surface area (Å²) in [6.45, 7) is 7.49. The summed E-state index contributed by atoms with van der Waals surface area (Å²) in [6.07, 6.45) is -4.19. The highest BCUT2D eigenvalue weighted by Crippen LogP contribution is 2.40. The predicted octanol–water partition coefficient (Wildman–Crippen LogP) is 4.59. The zero-order valence-electron chi connectivity index (χ0n) is 14.6. The molecule has 0 unspecified atom stereocenters. The van der Waals surface area contributed by atoms with Gasteiger partial charge in [0.2, 0.25) is 0 Å². The number of anilines is 1. The Morgan fingerprint density at radius 3 is 2.04 bits per heavy atom. The van der Waals surface area contributed by atoms with Crippen LogP contribution in [0.25, 0.3) is 0 Å². The molecule has 7 heteroatoms. The molecule has 0 amide bonds. The molecule has 2 rings (SSSR count). The maximum Gasteiger partial charge on any atom is 0.512 e. The van der Waals surface area contributed by atoms with Gasteiger partial charge in [0.1, 0.15) is 0 Å². The van der Waals surface area contributed by atoms with Gasteiger partial charge in [0.05, 0.1) is 17.6 Å². The molecule has 0 N–H and O–H groups in total. The predicted molar refractivity (Wildman–Crippen MR) is 89.7 cm³/mol. The monoisotopic (exact) mass is 341 g/mol. The Bertz CT molecular complexity index is 584. The van der Waals surface area contributed by atoms with Gasteiger partial charge in [-0.3, -0.25) is 0 Å². The molecular formula is C17H23BF3NO2. The van der Waals surface area contributed by atoms with Crippen molar-refractivity contribution >= 4 is 12.8 Å². The van der Waals surface area contributed by atoms with Crippen molar-refractivity contribution < 1.29 is 22.5 Å². The normalized spacial score (nSPS) is 20.3. The second-order valence-corrected chi connectivity index (χ2v) is 6.93. The number of halogens is 3. The zero-order valence-corrected chi connectivity index (χ0v) is 14.6. The maximum absolute atomic E-state index is 12.7. The van der Waals surface area contributed by atoms with Crippen LogP contribution in [0.2, 0.25) is 0 Å². The summed E-state index contributed by atoms with van der Waals surface area (Å²) in [6, 6.07) is 9.17. The Balaban J connectivity index is 2.34. The largest absolute Gasteiger partial charge is 0.512 e. The highest BCUT2D eigenvalue weighted by molar-refractivity contribution is 6.55.